The number of phenols is 1. The number of carboxylic acid groups (broad SMARTS) is 1. The smallest absolute Gasteiger partial charge is 0.335 e. The molecule has 0 heterocycles. The molecular formula is C11H13NO5. The van der Waals surface area contributed by atoms with Crippen LogP contribution in [-0.2, 0) is 0 Å². The summed E-state index contributed by atoms with van der Waals surface area (Å²) in [6.07, 6.45) is 0. The van der Waals surface area contributed by atoms with E-state index in [-0.39, 0.29) is 22.8 Å². The quantitative estimate of drug-likeness (QED) is 0.831. The molecule has 0 atom stereocenters. The van der Waals surface area contributed by atoms with E-state index in [0.717, 1.165) is 0 Å². The zero-order valence-electron chi connectivity index (χ0n) is 9.72. The molecule has 0 bridgehead atoms. The monoisotopic (exact) mass is 239 g/mol. The van der Waals surface area contributed by atoms with Crippen molar-refractivity contribution in [1.29, 1.82) is 5.26 Å². The number of nitriles is 1. The number of aromatic hydroxyl groups is 1. The first kappa shape index (κ1) is 14.6. The third kappa shape index (κ3) is 3.91. The first-order valence-corrected chi connectivity index (χ1v) is 4.50. The number of hydrogen-bond donors (Lipinski definition) is 2. The second kappa shape index (κ2) is 6.95. The van der Waals surface area contributed by atoms with Gasteiger partial charge in [0, 0.05) is 6.92 Å². The van der Waals surface area contributed by atoms with Crippen molar-refractivity contribution in [3.63, 3.8) is 0 Å². The Bertz CT molecular complexity index is 411. The largest absolute Gasteiger partial charge is 0.502 e. The van der Waals surface area contributed by atoms with Crippen LogP contribution >= 0.6 is 0 Å². The molecule has 0 saturated carbocycles. The van der Waals surface area contributed by atoms with Crippen molar-refractivity contribution >= 4 is 5.97 Å². The van der Waals surface area contributed by atoms with Gasteiger partial charge in [-0.05, 0) is 12.1 Å². The highest BCUT2D eigenvalue weighted by atomic mass is 16.5. The maximum atomic E-state index is 10.7. The molecule has 1 aromatic rings. The number of ether oxygens (including phenoxy) is 2. The summed E-state index contributed by atoms with van der Waals surface area (Å²) >= 11 is 0. The number of hydrogen-bond acceptors (Lipinski definition) is 5. The predicted molar refractivity (Wildman–Crippen MR) is 59.5 cm³/mol. The van der Waals surface area contributed by atoms with E-state index >= 15 is 0 Å². The number of carbonyl (C=O) groups is 1. The van der Waals surface area contributed by atoms with E-state index in [1.165, 1.54) is 33.3 Å². The van der Waals surface area contributed by atoms with Crippen LogP contribution in [0.5, 0.6) is 17.2 Å². The molecule has 6 nitrogen and oxygen atoms in total. The Labute approximate surface area is 98.6 Å². The molecule has 0 unspecified atom stereocenters. The maximum Gasteiger partial charge on any atom is 0.335 e. The average molecular weight is 239 g/mol. The molecule has 0 aliphatic rings. The van der Waals surface area contributed by atoms with Gasteiger partial charge in [-0.3, -0.25) is 0 Å². The molecule has 1 aromatic carbocycles. The molecule has 0 aromatic heterocycles. The normalized spacial score (nSPS) is 8.35. The molecule has 0 saturated heterocycles. The topological polar surface area (TPSA) is 99.8 Å². The lowest BCUT2D eigenvalue weighted by Crippen LogP contribution is -1.98. The van der Waals surface area contributed by atoms with Crippen LogP contribution < -0.4 is 9.47 Å². The van der Waals surface area contributed by atoms with Crippen LogP contribution in [0.2, 0.25) is 0 Å². The predicted octanol–water partition coefficient (Wildman–Crippen LogP) is 1.64. The SMILES string of the molecule is CC#N.COc1cc(C(=O)O)cc(OC)c1O. The fraction of sp³-hybridized carbons (Fsp3) is 0.273. The Morgan fingerprint density at radius 3 is 1.88 bits per heavy atom. The van der Waals surface area contributed by atoms with Crippen molar-refractivity contribution in [2.24, 2.45) is 0 Å². The van der Waals surface area contributed by atoms with Gasteiger partial charge in [0.05, 0.1) is 25.9 Å². The van der Waals surface area contributed by atoms with Gasteiger partial charge in [-0.2, -0.15) is 5.26 Å². The van der Waals surface area contributed by atoms with Gasteiger partial charge in [-0.25, -0.2) is 4.79 Å². The van der Waals surface area contributed by atoms with Crippen LogP contribution in [0.3, 0.4) is 0 Å². The standard InChI is InChI=1S/C9H10O5.C2H3N/c1-13-6-3-5(9(11)12)4-7(14-2)8(6)10;1-2-3/h3-4,10H,1-2H3,(H,11,12);1H3. The van der Waals surface area contributed by atoms with Gasteiger partial charge in [-0.15, -0.1) is 0 Å². The lowest BCUT2D eigenvalue weighted by molar-refractivity contribution is 0.0696. The molecule has 1 rings (SSSR count). The Hall–Kier alpha value is -2.42. The van der Waals surface area contributed by atoms with E-state index in [2.05, 4.69) is 0 Å². The van der Waals surface area contributed by atoms with E-state index in [4.69, 9.17) is 19.8 Å². The third-order valence-electron chi connectivity index (χ3n) is 1.73. The van der Waals surface area contributed by atoms with Gasteiger partial charge in [0.1, 0.15) is 0 Å². The van der Waals surface area contributed by atoms with Crippen molar-refractivity contribution in [1.82, 2.24) is 0 Å². The molecule has 6 heteroatoms. The fourth-order valence-electron chi connectivity index (χ4n) is 1.02. The van der Waals surface area contributed by atoms with Gasteiger partial charge in [0.2, 0.25) is 5.75 Å². The minimum Gasteiger partial charge on any atom is -0.502 e. The molecule has 0 aliphatic carbocycles. The zero-order chi connectivity index (χ0) is 13.4. The summed E-state index contributed by atoms with van der Waals surface area (Å²) in [5.41, 5.74) is -0.00324. The van der Waals surface area contributed by atoms with E-state index in [9.17, 15) is 9.90 Å². The molecule has 0 aliphatic heterocycles. The summed E-state index contributed by atoms with van der Waals surface area (Å²) in [5.74, 6) is -1.18. The summed E-state index contributed by atoms with van der Waals surface area (Å²) in [6, 6.07) is 4.19. The number of benzene rings is 1. The number of methoxy groups -OCH3 is 2. The van der Waals surface area contributed by atoms with E-state index < -0.39 is 5.97 Å². The zero-order valence-corrected chi connectivity index (χ0v) is 9.72. The average Bonchev–Trinajstić information content (AvgIpc) is 2.30. The van der Waals surface area contributed by atoms with Gasteiger partial charge in [-0.1, -0.05) is 0 Å². The summed E-state index contributed by atoms with van der Waals surface area (Å²) in [7, 11) is 2.67. The van der Waals surface area contributed by atoms with E-state index in [0.29, 0.717) is 0 Å². The van der Waals surface area contributed by atoms with E-state index in [1.807, 2.05) is 0 Å². The number of rotatable bonds is 3. The lowest BCUT2D eigenvalue weighted by atomic mass is 10.2. The highest BCUT2D eigenvalue weighted by molar-refractivity contribution is 5.89. The van der Waals surface area contributed by atoms with Crippen molar-refractivity contribution in [2.75, 3.05) is 14.2 Å². The van der Waals surface area contributed by atoms with Crippen LogP contribution in [0, 0.1) is 11.3 Å². The molecule has 0 fully saturated rings. The number of nitrogens with zero attached hydrogens (tertiary/aromatic N) is 1. The van der Waals surface area contributed by atoms with Crippen molar-refractivity contribution < 1.29 is 24.5 Å². The van der Waals surface area contributed by atoms with Gasteiger partial charge in [0.15, 0.2) is 11.5 Å². The number of carboxylic acids is 1. The fourth-order valence-corrected chi connectivity index (χ4v) is 1.02. The Kier molecular flexibility index (Phi) is 5.96. The molecule has 2 N–H and O–H groups in total. The summed E-state index contributed by atoms with van der Waals surface area (Å²) in [4.78, 5) is 10.7. The van der Waals surface area contributed by atoms with Gasteiger partial charge in [0.25, 0.3) is 0 Å². The van der Waals surface area contributed by atoms with Crippen LogP contribution in [0.1, 0.15) is 17.3 Å². The van der Waals surface area contributed by atoms with Gasteiger partial charge < -0.3 is 19.7 Å². The minimum absolute atomic E-state index is 0.00324. The molecular weight excluding hydrogens is 226 g/mol. The maximum absolute atomic E-state index is 10.7. The molecule has 92 valence electrons. The number of aromatic carboxylic acids is 1. The number of phenolic OH excluding ortho intramolecular Hbond substituents is 1. The highest BCUT2D eigenvalue weighted by Crippen LogP contribution is 2.36. The first-order valence-electron chi connectivity index (χ1n) is 4.50. The molecule has 0 amide bonds. The minimum atomic E-state index is -1.11. The second-order valence-electron chi connectivity index (χ2n) is 2.76. The summed E-state index contributed by atoms with van der Waals surface area (Å²) in [6.45, 7) is 1.43. The molecule has 0 radical (unpaired) electrons. The Balaban J connectivity index is 0.000000770. The van der Waals surface area contributed by atoms with Crippen LogP contribution in [0.25, 0.3) is 0 Å². The lowest BCUT2D eigenvalue weighted by Gasteiger charge is -2.08. The van der Waals surface area contributed by atoms with Crippen molar-refractivity contribution in [2.45, 2.75) is 6.92 Å². The third-order valence-corrected chi connectivity index (χ3v) is 1.73. The second-order valence-corrected chi connectivity index (χ2v) is 2.76. The summed E-state index contributed by atoms with van der Waals surface area (Å²) in [5, 5.41) is 25.5. The van der Waals surface area contributed by atoms with Crippen LogP contribution in [0.4, 0.5) is 0 Å². The van der Waals surface area contributed by atoms with Crippen LogP contribution in [0.15, 0.2) is 12.1 Å². The Morgan fingerprint density at radius 2 is 1.65 bits per heavy atom. The van der Waals surface area contributed by atoms with Crippen LogP contribution in [-0.4, -0.2) is 30.4 Å². The Morgan fingerprint density at radius 1 is 1.29 bits per heavy atom. The molecule has 17 heavy (non-hydrogen) atoms. The first-order chi connectivity index (χ1) is 8.01. The van der Waals surface area contributed by atoms with Crippen molar-refractivity contribution in [3.8, 4) is 23.3 Å². The molecule has 0 spiro atoms. The van der Waals surface area contributed by atoms with Crippen molar-refractivity contribution in [3.05, 3.63) is 17.7 Å². The van der Waals surface area contributed by atoms with Gasteiger partial charge >= 0.3 is 5.97 Å². The highest BCUT2D eigenvalue weighted by Gasteiger charge is 2.14. The van der Waals surface area contributed by atoms with E-state index in [1.54, 1.807) is 6.07 Å². The summed E-state index contributed by atoms with van der Waals surface area (Å²) < 4.78 is 9.57.